The van der Waals surface area contributed by atoms with Crippen LogP contribution in [0.3, 0.4) is 0 Å². The Morgan fingerprint density at radius 2 is 2.07 bits per heavy atom. The standard InChI is InChI=1S/C20H30N4O3S/c1-7-21-20(22-11-15-8-9-17(26-5)10-18(15)27-6)24(3)12-16-13-28-19(23-16)14(2)25-4/h8-10,13-14H,7,11-12H2,1-6H3,(H,21,22). The largest absolute Gasteiger partial charge is 0.497 e. The molecule has 8 heteroatoms. The number of aliphatic imine (C=N–C) groups is 1. The molecule has 0 saturated heterocycles. The Morgan fingerprint density at radius 3 is 2.71 bits per heavy atom. The first kappa shape index (κ1) is 22.0. The first-order valence-corrected chi connectivity index (χ1v) is 10.1. The number of hydrogen-bond acceptors (Lipinski definition) is 6. The van der Waals surface area contributed by atoms with Crippen LogP contribution in [0.15, 0.2) is 28.6 Å². The van der Waals surface area contributed by atoms with Crippen LogP contribution in [0.2, 0.25) is 0 Å². The van der Waals surface area contributed by atoms with Crippen molar-refractivity contribution >= 4 is 17.3 Å². The molecule has 0 amide bonds. The van der Waals surface area contributed by atoms with Crippen LogP contribution in [0.1, 0.15) is 36.2 Å². The van der Waals surface area contributed by atoms with E-state index in [4.69, 9.17) is 19.2 Å². The van der Waals surface area contributed by atoms with Gasteiger partial charge in [-0.3, -0.25) is 0 Å². The van der Waals surface area contributed by atoms with Crippen LogP contribution in [0.25, 0.3) is 0 Å². The number of guanidine groups is 1. The minimum Gasteiger partial charge on any atom is -0.497 e. The average Bonchev–Trinajstić information content (AvgIpc) is 3.18. The Hall–Kier alpha value is -2.32. The average molecular weight is 407 g/mol. The van der Waals surface area contributed by atoms with Gasteiger partial charge in [0.25, 0.3) is 0 Å². The molecule has 1 aromatic heterocycles. The number of methoxy groups -OCH3 is 3. The summed E-state index contributed by atoms with van der Waals surface area (Å²) in [7, 11) is 7.00. The minimum atomic E-state index is 0.00787. The Balaban J connectivity index is 2.12. The molecule has 1 aromatic carbocycles. The molecule has 0 spiro atoms. The van der Waals surface area contributed by atoms with Crippen molar-refractivity contribution in [1.82, 2.24) is 15.2 Å². The maximum atomic E-state index is 5.47. The molecule has 0 aliphatic heterocycles. The number of ether oxygens (including phenoxy) is 3. The molecule has 1 heterocycles. The lowest BCUT2D eigenvalue weighted by Crippen LogP contribution is -2.38. The van der Waals surface area contributed by atoms with Crippen molar-refractivity contribution in [3.63, 3.8) is 0 Å². The van der Waals surface area contributed by atoms with Gasteiger partial charge in [0.2, 0.25) is 0 Å². The Kier molecular flexibility index (Phi) is 8.53. The molecule has 1 unspecified atom stereocenters. The Morgan fingerprint density at radius 1 is 1.29 bits per heavy atom. The van der Waals surface area contributed by atoms with Gasteiger partial charge in [-0.2, -0.15) is 0 Å². The summed E-state index contributed by atoms with van der Waals surface area (Å²) in [5, 5.41) is 6.38. The highest BCUT2D eigenvalue weighted by molar-refractivity contribution is 7.09. The smallest absolute Gasteiger partial charge is 0.194 e. The van der Waals surface area contributed by atoms with Crippen molar-refractivity contribution in [2.24, 2.45) is 4.99 Å². The summed E-state index contributed by atoms with van der Waals surface area (Å²) in [5.41, 5.74) is 2.00. The highest BCUT2D eigenvalue weighted by Gasteiger charge is 2.13. The Labute approximate surface area is 171 Å². The van der Waals surface area contributed by atoms with Crippen molar-refractivity contribution in [1.29, 1.82) is 0 Å². The third-order valence-electron chi connectivity index (χ3n) is 4.26. The van der Waals surface area contributed by atoms with E-state index < -0.39 is 0 Å². The maximum absolute atomic E-state index is 5.47. The maximum Gasteiger partial charge on any atom is 0.194 e. The normalized spacial score (nSPS) is 12.6. The van der Waals surface area contributed by atoms with Gasteiger partial charge in [-0.05, 0) is 26.0 Å². The van der Waals surface area contributed by atoms with Gasteiger partial charge in [0.1, 0.15) is 22.6 Å². The van der Waals surface area contributed by atoms with Gasteiger partial charge in [-0.15, -0.1) is 11.3 Å². The highest BCUT2D eigenvalue weighted by Crippen LogP contribution is 2.25. The molecule has 0 aliphatic carbocycles. The zero-order valence-electron chi connectivity index (χ0n) is 17.5. The van der Waals surface area contributed by atoms with Gasteiger partial charge in [0, 0.05) is 37.7 Å². The number of aromatic nitrogens is 1. The van der Waals surface area contributed by atoms with Crippen LogP contribution >= 0.6 is 11.3 Å². The van der Waals surface area contributed by atoms with E-state index in [1.165, 1.54) is 0 Å². The number of nitrogens with zero attached hydrogens (tertiary/aromatic N) is 3. The molecule has 0 radical (unpaired) electrons. The van der Waals surface area contributed by atoms with Crippen LogP contribution in [0.5, 0.6) is 11.5 Å². The lowest BCUT2D eigenvalue weighted by molar-refractivity contribution is 0.119. The second-order valence-corrected chi connectivity index (χ2v) is 7.15. The van der Waals surface area contributed by atoms with Gasteiger partial charge < -0.3 is 24.4 Å². The molecule has 7 nitrogen and oxygen atoms in total. The van der Waals surface area contributed by atoms with Gasteiger partial charge in [-0.1, -0.05) is 0 Å². The van der Waals surface area contributed by atoms with Gasteiger partial charge in [-0.25, -0.2) is 9.98 Å². The third-order valence-corrected chi connectivity index (χ3v) is 5.31. The number of nitrogens with one attached hydrogen (secondary N) is 1. The highest BCUT2D eigenvalue weighted by atomic mass is 32.1. The lowest BCUT2D eigenvalue weighted by atomic mass is 10.2. The molecule has 1 N–H and O–H groups in total. The fraction of sp³-hybridized carbons (Fsp3) is 0.500. The summed E-state index contributed by atoms with van der Waals surface area (Å²) < 4.78 is 16.1. The van der Waals surface area contributed by atoms with Crippen molar-refractivity contribution in [2.75, 3.05) is 34.9 Å². The third kappa shape index (κ3) is 5.84. The first-order chi connectivity index (χ1) is 13.5. The molecule has 0 aliphatic rings. The monoisotopic (exact) mass is 406 g/mol. The predicted octanol–water partition coefficient (Wildman–Crippen LogP) is 3.47. The van der Waals surface area contributed by atoms with E-state index >= 15 is 0 Å². The van der Waals surface area contributed by atoms with Crippen LogP contribution in [0, 0.1) is 0 Å². The van der Waals surface area contributed by atoms with Gasteiger partial charge >= 0.3 is 0 Å². The molecule has 0 bridgehead atoms. The zero-order chi connectivity index (χ0) is 20.5. The van der Waals surface area contributed by atoms with E-state index in [-0.39, 0.29) is 6.10 Å². The second kappa shape index (κ2) is 10.9. The minimum absolute atomic E-state index is 0.00787. The van der Waals surface area contributed by atoms with Crippen molar-refractivity contribution in [2.45, 2.75) is 33.0 Å². The van der Waals surface area contributed by atoms with Crippen molar-refractivity contribution in [3.8, 4) is 11.5 Å². The Bertz CT molecular complexity index is 779. The summed E-state index contributed by atoms with van der Waals surface area (Å²) >= 11 is 1.62. The number of thiazole rings is 1. The van der Waals surface area contributed by atoms with E-state index in [1.807, 2.05) is 32.2 Å². The topological polar surface area (TPSA) is 68.2 Å². The molecule has 2 aromatic rings. The first-order valence-electron chi connectivity index (χ1n) is 9.19. The lowest BCUT2D eigenvalue weighted by Gasteiger charge is -2.21. The fourth-order valence-corrected chi connectivity index (χ4v) is 3.45. The molecule has 1 atom stereocenters. The molecule has 2 rings (SSSR count). The summed E-state index contributed by atoms with van der Waals surface area (Å²) in [5.74, 6) is 2.34. The van der Waals surface area contributed by atoms with Crippen LogP contribution < -0.4 is 14.8 Å². The quantitative estimate of drug-likeness (QED) is 0.508. The second-order valence-electron chi connectivity index (χ2n) is 6.26. The number of rotatable bonds is 9. The molecule has 0 fully saturated rings. The van der Waals surface area contributed by atoms with Crippen LogP contribution in [-0.4, -0.2) is 50.8 Å². The fourth-order valence-electron chi connectivity index (χ4n) is 2.61. The summed E-state index contributed by atoms with van der Waals surface area (Å²) in [6, 6.07) is 5.76. The van der Waals surface area contributed by atoms with E-state index in [0.717, 1.165) is 40.3 Å². The van der Waals surface area contributed by atoms with Crippen molar-refractivity contribution < 1.29 is 14.2 Å². The van der Waals surface area contributed by atoms with E-state index in [9.17, 15) is 0 Å². The molecule has 0 saturated carbocycles. The summed E-state index contributed by atoms with van der Waals surface area (Å²) in [6.45, 7) is 6.01. The molecular weight excluding hydrogens is 376 g/mol. The summed E-state index contributed by atoms with van der Waals surface area (Å²) in [4.78, 5) is 11.5. The van der Waals surface area contributed by atoms with Crippen LogP contribution in [0.4, 0.5) is 0 Å². The SMILES string of the molecule is CCNC(=NCc1ccc(OC)cc1OC)N(C)Cc1csc(C(C)OC)n1. The van der Waals surface area contributed by atoms with Gasteiger partial charge in [0.05, 0.1) is 33.0 Å². The van der Waals surface area contributed by atoms with E-state index in [2.05, 4.69) is 27.5 Å². The van der Waals surface area contributed by atoms with E-state index in [0.29, 0.717) is 13.1 Å². The zero-order valence-corrected chi connectivity index (χ0v) is 18.3. The van der Waals surface area contributed by atoms with Crippen LogP contribution in [-0.2, 0) is 17.8 Å². The molecule has 154 valence electrons. The molecular formula is C20H30N4O3S. The molecule has 28 heavy (non-hydrogen) atoms. The van der Waals surface area contributed by atoms with Crippen molar-refractivity contribution in [3.05, 3.63) is 39.8 Å². The number of benzene rings is 1. The predicted molar refractivity (Wildman–Crippen MR) is 113 cm³/mol. The summed E-state index contributed by atoms with van der Waals surface area (Å²) in [6.07, 6.45) is 0.00787. The van der Waals surface area contributed by atoms with Gasteiger partial charge in [0.15, 0.2) is 5.96 Å². The van der Waals surface area contributed by atoms with E-state index in [1.54, 1.807) is 32.7 Å². The number of hydrogen-bond donors (Lipinski definition) is 1.